The van der Waals surface area contributed by atoms with Gasteiger partial charge in [-0.05, 0) is 24.5 Å². The van der Waals surface area contributed by atoms with E-state index in [1.165, 1.54) is 0 Å². The number of nitrogens with zero attached hydrogens (tertiary/aromatic N) is 2. The van der Waals surface area contributed by atoms with Gasteiger partial charge in [-0.25, -0.2) is 0 Å². The summed E-state index contributed by atoms with van der Waals surface area (Å²) in [4.78, 5) is 13.9. The molecule has 1 atom stereocenters. The quantitative estimate of drug-likeness (QED) is 0.822. The molecule has 1 fully saturated rings. The third kappa shape index (κ3) is 3.02. The van der Waals surface area contributed by atoms with Gasteiger partial charge >= 0.3 is 0 Å². The Labute approximate surface area is 112 Å². The number of carbonyl (C=O) groups is 1. The number of carbonyl (C=O) groups excluding carboxylic acids is 1. The summed E-state index contributed by atoms with van der Waals surface area (Å²) >= 11 is 6.04. The number of amides is 1. The first-order valence-electron chi connectivity index (χ1n) is 6.11. The van der Waals surface area contributed by atoms with Gasteiger partial charge in [0.25, 0.3) is 0 Å². The number of rotatable bonds is 2. The van der Waals surface area contributed by atoms with Crippen molar-refractivity contribution in [2.24, 2.45) is 5.92 Å². The Hall–Kier alpha value is -1.53. The number of piperidine rings is 1. The number of benzene rings is 1. The van der Waals surface area contributed by atoms with E-state index in [0.29, 0.717) is 18.0 Å². The maximum atomic E-state index is 12.1. The molecule has 1 aromatic carbocycles. The van der Waals surface area contributed by atoms with Gasteiger partial charge in [0.05, 0.1) is 18.4 Å². The second-order valence-electron chi connectivity index (χ2n) is 4.58. The first kappa shape index (κ1) is 12.9. The Balaban J connectivity index is 2.00. The highest BCUT2D eigenvalue weighted by Crippen LogP contribution is 2.19. The smallest absolute Gasteiger partial charge is 0.227 e. The van der Waals surface area contributed by atoms with Gasteiger partial charge in [0.1, 0.15) is 0 Å². The van der Waals surface area contributed by atoms with E-state index in [4.69, 9.17) is 16.9 Å². The average molecular weight is 263 g/mol. The van der Waals surface area contributed by atoms with Crippen molar-refractivity contribution in [3.8, 4) is 6.07 Å². The maximum Gasteiger partial charge on any atom is 0.227 e. The molecule has 0 bridgehead atoms. The van der Waals surface area contributed by atoms with Gasteiger partial charge in [-0.2, -0.15) is 5.26 Å². The predicted octanol–water partition coefficient (Wildman–Crippen LogP) is 2.64. The average Bonchev–Trinajstić information content (AvgIpc) is 2.41. The topological polar surface area (TPSA) is 44.1 Å². The summed E-state index contributed by atoms with van der Waals surface area (Å²) in [5.74, 6) is 0.0389. The third-order valence-corrected chi connectivity index (χ3v) is 3.62. The third-order valence-electron chi connectivity index (χ3n) is 3.26. The second-order valence-corrected chi connectivity index (χ2v) is 4.98. The molecule has 0 saturated carbocycles. The van der Waals surface area contributed by atoms with Crippen LogP contribution in [-0.4, -0.2) is 23.9 Å². The molecular formula is C14H15ClN2O. The number of likely N-dealkylation sites (tertiary alicyclic amines) is 1. The van der Waals surface area contributed by atoms with E-state index in [-0.39, 0.29) is 11.8 Å². The highest BCUT2D eigenvalue weighted by Gasteiger charge is 2.23. The molecule has 0 spiro atoms. The molecule has 1 amide bonds. The molecule has 3 nitrogen and oxygen atoms in total. The molecule has 1 aromatic rings. The minimum atomic E-state index is -0.0195. The van der Waals surface area contributed by atoms with Crippen LogP contribution in [-0.2, 0) is 11.2 Å². The lowest BCUT2D eigenvalue weighted by atomic mass is 9.99. The van der Waals surface area contributed by atoms with Crippen molar-refractivity contribution in [1.29, 1.82) is 5.26 Å². The molecule has 1 saturated heterocycles. The van der Waals surface area contributed by atoms with Crippen LogP contribution in [0.4, 0.5) is 0 Å². The van der Waals surface area contributed by atoms with Gasteiger partial charge in [-0.1, -0.05) is 29.8 Å². The first-order valence-corrected chi connectivity index (χ1v) is 6.49. The lowest BCUT2D eigenvalue weighted by Crippen LogP contribution is -2.40. The molecule has 0 radical (unpaired) electrons. The zero-order valence-electron chi connectivity index (χ0n) is 10.1. The van der Waals surface area contributed by atoms with Crippen LogP contribution < -0.4 is 0 Å². The molecule has 0 aliphatic carbocycles. The van der Waals surface area contributed by atoms with Gasteiger partial charge in [0, 0.05) is 18.1 Å². The molecule has 1 aliphatic heterocycles. The van der Waals surface area contributed by atoms with E-state index in [1.54, 1.807) is 11.0 Å². The number of halogens is 1. The summed E-state index contributed by atoms with van der Waals surface area (Å²) in [6, 6.07) is 9.63. The Morgan fingerprint density at radius 1 is 1.50 bits per heavy atom. The molecule has 1 unspecified atom stereocenters. The van der Waals surface area contributed by atoms with Crippen LogP contribution >= 0.6 is 11.6 Å². The highest BCUT2D eigenvalue weighted by atomic mass is 35.5. The fourth-order valence-electron chi connectivity index (χ4n) is 2.23. The van der Waals surface area contributed by atoms with Gasteiger partial charge < -0.3 is 4.90 Å². The zero-order valence-corrected chi connectivity index (χ0v) is 10.9. The van der Waals surface area contributed by atoms with Crippen molar-refractivity contribution in [1.82, 2.24) is 4.90 Å². The lowest BCUT2D eigenvalue weighted by Gasteiger charge is -2.29. The minimum absolute atomic E-state index is 0.0195. The highest BCUT2D eigenvalue weighted by molar-refractivity contribution is 6.31. The van der Waals surface area contributed by atoms with Crippen LogP contribution in [0, 0.1) is 17.2 Å². The van der Waals surface area contributed by atoms with Crippen LogP contribution in [0.2, 0.25) is 5.02 Å². The van der Waals surface area contributed by atoms with Gasteiger partial charge in [-0.15, -0.1) is 0 Å². The zero-order chi connectivity index (χ0) is 13.0. The Bertz CT molecular complexity index is 481. The van der Waals surface area contributed by atoms with Crippen molar-refractivity contribution in [3.05, 3.63) is 34.9 Å². The van der Waals surface area contributed by atoms with Crippen molar-refractivity contribution >= 4 is 17.5 Å². The molecule has 2 rings (SSSR count). The van der Waals surface area contributed by atoms with E-state index >= 15 is 0 Å². The number of hydrogen-bond donors (Lipinski definition) is 0. The Morgan fingerprint density at radius 3 is 3.00 bits per heavy atom. The molecular weight excluding hydrogens is 248 g/mol. The van der Waals surface area contributed by atoms with Gasteiger partial charge in [-0.3, -0.25) is 4.79 Å². The Kier molecular flexibility index (Phi) is 4.22. The lowest BCUT2D eigenvalue weighted by molar-refractivity contribution is -0.131. The maximum absolute atomic E-state index is 12.1. The first-order chi connectivity index (χ1) is 8.70. The Morgan fingerprint density at radius 2 is 2.28 bits per heavy atom. The molecule has 1 heterocycles. The van der Waals surface area contributed by atoms with Crippen LogP contribution in [0.1, 0.15) is 18.4 Å². The predicted molar refractivity (Wildman–Crippen MR) is 70.1 cm³/mol. The van der Waals surface area contributed by atoms with E-state index in [0.717, 1.165) is 24.9 Å². The largest absolute Gasteiger partial charge is 0.341 e. The van der Waals surface area contributed by atoms with Crippen molar-refractivity contribution in [3.63, 3.8) is 0 Å². The van der Waals surface area contributed by atoms with Crippen LogP contribution in [0.25, 0.3) is 0 Å². The van der Waals surface area contributed by atoms with E-state index in [9.17, 15) is 4.79 Å². The van der Waals surface area contributed by atoms with E-state index in [2.05, 4.69) is 6.07 Å². The standard InChI is InChI=1S/C14H15ClN2O/c15-13-6-2-1-5-12(13)8-14(18)17-7-3-4-11(9-16)10-17/h1-2,5-6,11H,3-4,7-8,10H2. The van der Waals surface area contributed by atoms with Gasteiger partial charge in [0.15, 0.2) is 0 Å². The fraction of sp³-hybridized carbons (Fsp3) is 0.429. The summed E-state index contributed by atoms with van der Waals surface area (Å²) in [6.07, 6.45) is 2.12. The van der Waals surface area contributed by atoms with Crippen molar-refractivity contribution in [2.75, 3.05) is 13.1 Å². The summed E-state index contributed by atoms with van der Waals surface area (Å²) in [7, 11) is 0. The van der Waals surface area contributed by atoms with Crippen LogP contribution in [0.3, 0.4) is 0 Å². The molecule has 1 aliphatic rings. The van der Waals surface area contributed by atoms with E-state index in [1.807, 2.05) is 18.2 Å². The molecule has 0 aromatic heterocycles. The van der Waals surface area contributed by atoms with Gasteiger partial charge in [0.2, 0.25) is 5.91 Å². The molecule has 94 valence electrons. The summed E-state index contributed by atoms with van der Waals surface area (Å²) in [5.41, 5.74) is 0.850. The summed E-state index contributed by atoms with van der Waals surface area (Å²) < 4.78 is 0. The van der Waals surface area contributed by atoms with Crippen molar-refractivity contribution in [2.45, 2.75) is 19.3 Å². The fourth-order valence-corrected chi connectivity index (χ4v) is 2.43. The molecule has 0 N–H and O–H groups in total. The summed E-state index contributed by atoms with van der Waals surface area (Å²) in [6.45, 7) is 1.31. The van der Waals surface area contributed by atoms with Crippen LogP contribution in [0.5, 0.6) is 0 Å². The molecule has 18 heavy (non-hydrogen) atoms. The SMILES string of the molecule is N#CC1CCCN(C(=O)Cc2ccccc2Cl)C1. The normalized spacial score (nSPS) is 19.3. The molecule has 4 heteroatoms. The summed E-state index contributed by atoms with van der Waals surface area (Å²) in [5, 5.41) is 9.54. The van der Waals surface area contributed by atoms with Crippen molar-refractivity contribution < 1.29 is 4.79 Å². The minimum Gasteiger partial charge on any atom is -0.341 e. The monoisotopic (exact) mass is 262 g/mol. The van der Waals surface area contributed by atoms with Crippen LogP contribution in [0.15, 0.2) is 24.3 Å². The second kappa shape index (κ2) is 5.88. The van der Waals surface area contributed by atoms with E-state index < -0.39 is 0 Å². The number of hydrogen-bond acceptors (Lipinski definition) is 2. The number of nitriles is 1.